The first-order valence-electron chi connectivity index (χ1n) is 5.95. The molecule has 112 valence electrons. The number of hydrogen-bond donors (Lipinski definition) is 2. The van der Waals surface area contributed by atoms with Crippen molar-refractivity contribution in [3.63, 3.8) is 0 Å². The van der Waals surface area contributed by atoms with Crippen molar-refractivity contribution in [2.45, 2.75) is 26.1 Å². The van der Waals surface area contributed by atoms with E-state index in [9.17, 15) is 22.4 Å². The smallest absolute Gasteiger partial charge is 0.396 e. The van der Waals surface area contributed by atoms with Crippen LogP contribution in [-0.2, 0) is 6.18 Å². The lowest BCUT2D eigenvalue weighted by Gasteiger charge is -2.19. The van der Waals surface area contributed by atoms with Crippen LogP contribution >= 0.6 is 0 Å². The molecule has 0 saturated carbocycles. The molecule has 7 heteroatoms. The van der Waals surface area contributed by atoms with Gasteiger partial charge in [-0.1, -0.05) is 6.92 Å². The molecule has 2 N–H and O–H groups in total. The number of carbonyl (C=O) groups is 1. The molecule has 0 aliphatic rings. The van der Waals surface area contributed by atoms with E-state index >= 15 is 0 Å². The van der Waals surface area contributed by atoms with Crippen molar-refractivity contribution in [3.05, 3.63) is 35.1 Å². The van der Waals surface area contributed by atoms with Crippen LogP contribution in [0.5, 0.6) is 0 Å². The monoisotopic (exact) mass is 293 g/mol. The number of aliphatic hydroxyl groups excluding tert-OH is 1. The zero-order valence-electron chi connectivity index (χ0n) is 11.0. The fourth-order valence-corrected chi connectivity index (χ4v) is 1.47. The Hall–Kier alpha value is -1.63. The molecule has 0 saturated heterocycles. The van der Waals surface area contributed by atoms with Gasteiger partial charge in [0.1, 0.15) is 5.82 Å². The average Bonchev–Trinajstić information content (AvgIpc) is 2.36. The first kappa shape index (κ1) is 16.4. The van der Waals surface area contributed by atoms with Crippen LogP contribution in [-0.4, -0.2) is 23.7 Å². The summed E-state index contributed by atoms with van der Waals surface area (Å²) < 4.78 is 50.7. The molecule has 1 amide bonds. The second-order valence-electron chi connectivity index (χ2n) is 4.61. The van der Waals surface area contributed by atoms with Crippen LogP contribution in [0.15, 0.2) is 18.2 Å². The van der Waals surface area contributed by atoms with E-state index in [2.05, 4.69) is 5.32 Å². The van der Waals surface area contributed by atoms with Gasteiger partial charge in [0.2, 0.25) is 0 Å². The highest BCUT2D eigenvalue weighted by Gasteiger charge is 2.34. The van der Waals surface area contributed by atoms with Crippen molar-refractivity contribution in [1.82, 2.24) is 5.32 Å². The molecule has 0 fully saturated rings. The number of carbonyl (C=O) groups excluding carboxylic acids is 1. The lowest BCUT2D eigenvalue weighted by atomic mass is 10.0. The summed E-state index contributed by atoms with van der Waals surface area (Å²) in [5.74, 6) is -2.42. The Balaban J connectivity index is 2.95. The summed E-state index contributed by atoms with van der Waals surface area (Å²) in [4.78, 5) is 11.8. The largest absolute Gasteiger partial charge is 0.419 e. The second kappa shape index (κ2) is 6.21. The predicted octanol–water partition coefficient (Wildman–Crippen LogP) is 2.59. The van der Waals surface area contributed by atoms with E-state index in [1.54, 1.807) is 13.8 Å². The molecule has 0 aromatic heterocycles. The van der Waals surface area contributed by atoms with Gasteiger partial charge in [-0.2, -0.15) is 13.2 Å². The number of hydrogen-bond acceptors (Lipinski definition) is 2. The summed E-state index contributed by atoms with van der Waals surface area (Å²) >= 11 is 0. The molecule has 0 radical (unpaired) electrons. The summed E-state index contributed by atoms with van der Waals surface area (Å²) in [6.07, 6.45) is -4.86. The van der Waals surface area contributed by atoms with Gasteiger partial charge in [-0.25, -0.2) is 4.39 Å². The number of benzene rings is 1. The van der Waals surface area contributed by atoms with E-state index < -0.39 is 29.5 Å². The van der Waals surface area contributed by atoms with Gasteiger partial charge < -0.3 is 10.4 Å². The molecule has 0 spiro atoms. The third-order valence-corrected chi connectivity index (χ3v) is 3.03. The molecule has 1 aromatic carbocycles. The summed E-state index contributed by atoms with van der Waals surface area (Å²) in [5, 5.41) is 11.4. The predicted molar refractivity (Wildman–Crippen MR) is 64.6 cm³/mol. The van der Waals surface area contributed by atoms with Gasteiger partial charge in [0, 0.05) is 18.2 Å². The van der Waals surface area contributed by atoms with Crippen LogP contribution in [0.4, 0.5) is 17.6 Å². The van der Waals surface area contributed by atoms with E-state index in [4.69, 9.17) is 5.11 Å². The van der Waals surface area contributed by atoms with Crippen LogP contribution in [0.25, 0.3) is 0 Å². The molecule has 0 bridgehead atoms. The number of amides is 1. The Kier molecular flexibility index (Phi) is 5.10. The quantitative estimate of drug-likeness (QED) is 0.838. The summed E-state index contributed by atoms with van der Waals surface area (Å²) in [7, 11) is 0. The highest BCUT2D eigenvalue weighted by Crippen LogP contribution is 2.31. The summed E-state index contributed by atoms with van der Waals surface area (Å²) in [5.41, 5.74) is -1.76. The molecule has 0 aliphatic heterocycles. The molecule has 0 aliphatic carbocycles. The van der Waals surface area contributed by atoms with Crippen molar-refractivity contribution in [3.8, 4) is 0 Å². The first-order chi connectivity index (χ1) is 9.16. The number of nitrogens with one attached hydrogen (secondary N) is 1. The second-order valence-corrected chi connectivity index (χ2v) is 4.61. The highest BCUT2D eigenvalue weighted by molar-refractivity contribution is 5.94. The molecule has 3 nitrogen and oxygen atoms in total. The molecule has 0 heterocycles. The Labute approximate surface area is 113 Å². The third kappa shape index (κ3) is 3.93. The normalized spacial score (nSPS) is 14.8. The fourth-order valence-electron chi connectivity index (χ4n) is 1.47. The van der Waals surface area contributed by atoms with Crippen molar-refractivity contribution < 1.29 is 27.5 Å². The number of rotatable bonds is 4. The van der Waals surface area contributed by atoms with Crippen LogP contribution in [0, 0.1) is 11.7 Å². The van der Waals surface area contributed by atoms with E-state index in [1.807, 2.05) is 0 Å². The molecular weight excluding hydrogens is 278 g/mol. The van der Waals surface area contributed by atoms with Gasteiger partial charge in [-0.3, -0.25) is 4.79 Å². The summed E-state index contributed by atoms with van der Waals surface area (Å²) in [6.45, 7) is 3.13. The van der Waals surface area contributed by atoms with Gasteiger partial charge in [0.25, 0.3) is 5.91 Å². The Morgan fingerprint density at radius 3 is 2.45 bits per heavy atom. The zero-order valence-corrected chi connectivity index (χ0v) is 11.0. The minimum atomic E-state index is -4.86. The minimum absolute atomic E-state index is 0.168. The van der Waals surface area contributed by atoms with Gasteiger partial charge in [0.15, 0.2) is 0 Å². The number of aliphatic hydroxyl groups is 1. The van der Waals surface area contributed by atoms with E-state index in [0.717, 1.165) is 6.07 Å². The van der Waals surface area contributed by atoms with Gasteiger partial charge in [0.05, 0.1) is 5.56 Å². The summed E-state index contributed by atoms with van der Waals surface area (Å²) in [6, 6.07) is 1.64. The standard InChI is InChI=1S/C13H15F4NO2/c1-7(6-19)8(2)18-12(20)9-3-4-11(14)10(5-9)13(15,16)17/h3-5,7-8,19H,6H2,1-2H3,(H,18,20). The Bertz CT molecular complexity index is 488. The van der Waals surface area contributed by atoms with Crippen molar-refractivity contribution in [1.29, 1.82) is 0 Å². The Morgan fingerprint density at radius 2 is 1.95 bits per heavy atom. The maximum atomic E-state index is 13.1. The van der Waals surface area contributed by atoms with E-state index in [-0.39, 0.29) is 18.1 Å². The number of alkyl halides is 3. The van der Waals surface area contributed by atoms with E-state index in [0.29, 0.717) is 12.1 Å². The van der Waals surface area contributed by atoms with Crippen LogP contribution < -0.4 is 5.32 Å². The lowest BCUT2D eigenvalue weighted by molar-refractivity contribution is -0.140. The maximum Gasteiger partial charge on any atom is 0.419 e. The first-order valence-corrected chi connectivity index (χ1v) is 5.95. The highest BCUT2D eigenvalue weighted by atomic mass is 19.4. The Morgan fingerprint density at radius 1 is 1.35 bits per heavy atom. The van der Waals surface area contributed by atoms with Gasteiger partial charge in [-0.15, -0.1) is 0 Å². The average molecular weight is 293 g/mol. The van der Waals surface area contributed by atoms with Crippen LogP contribution in [0.2, 0.25) is 0 Å². The molecular formula is C13H15F4NO2. The van der Waals surface area contributed by atoms with Crippen molar-refractivity contribution >= 4 is 5.91 Å². The van der Waals surface area contributed by atoms with Crippen molar-refractivity contribution in [2.75, 3.05) is 6.61 Å². The fraction of sp³-hybridized carbons (Fsp3) is 0.462. The van der Waals surface area contributed by atoms with Crippen LogP contribution in [0.3, 0.4) is 0 Å². The lowest BCUT2D eigenvalue weighted by Crippen LogP contribution is -2.38. The molecule has 1 aromatic rings. The molecule has 2 unspecified atom stereocenters. The van der Waals surface area contributed by atoms with Crippen LogP contribution in [0.1, 0.15) is 29.8 Å². The topological polar surface area (TPSA) is 49.3 Å². The minimum Gasteiger partial charge on any atom is -0.396 e. The molecule has 2 atom stereocenters. The molecule has 1 rings (SSSR count). The molecule has 20 heavy (non-hydrogen) atoms. The maximum absolute atomic E-state index is 13.1. The van der Waals surface area contributed by atoms with Crippen molar-refractivity contribution in [2.24, 2.45) is 5.92 Å². The zero-order chi connectivity index (χ0) is 15.5. The number of halogens is 4. The van der Waals surface area contributed by atoms with E-state index in [1.165, 1.54) is 0 Å². The third-order valence-electron chi connectivity index (χ3n) is 3.03. The van der Waals surface area contributed by atoms with Gasteiger partial charge >= 0.3 is 6.18 Å². The van der Waals surface area contributed by atoms with Gasteiger partial charge in [-0.05, 0) is 31.0 Å². The SMILES string of the molecule is CC(CO)C(C)NC(=O)c1ccc(F)c(C(F)(F)F)c1.